The lowest BCUT2D eigenvalue weighted by Gasteiger charge is -2.41. The first-order chi connectivity index (χ1) is 10.7. The van der Waals surface area contributed by atoms with E-state index >= 15 is 0 Å². The quantitative estimate of drug-likeness (QED) is 0.773. The molecule has 0 aliphatic carbocycles. The van der Waals surface area contributed by atoms with Crippen LogP contribution in [0.25, 0.3) is 0 Å². The van der Waals surface area contributed by atoms with E-state index in [2.05, 4.69) is 41.8 Å². The molecular formula is C18H30N2O2. The number of hydrogen-bond donors (Lipinski definition) is 0. The molecule has 0 saturated carbocycles. The van der Waals surface area contributed by atoms with Gasteiger partial charge in [0.2, 0.25) is 0 Å². The molecule has 1 heterocycles. The molecule has 2 rings (SSSR count). The van der Waals surface area contributed by atoms with Crippen LogP contribution in [0.4, 0.5) is 0 Å². The van der Waals surface area contributed by atoms with Crippen LogP contribution < -0.4 is 4.74 Å². The van der Waals surface area contributed by atoms with Gasteiger partial charge in [-0.15, -0.1) is 0 Å². The Labute approximate surface area is 135 Å². The van der Waals surface area contributed by atoms with Crippen molar-refractivity contribution in [2.24, 2.45) is 5.92 Å². The van der Waals surface area contributed by atoms with Crippen molar-refractivity contribution in [1.29, 1.82) is 0 Å². The zero-order chi connectivity index (χ0) is 15.9. The Balaban J connectivity index is 2.07. The highest BCUT2D eigenvalue weighted by molar-refractivity contribution is 5.36. The molecule has 0 N–H and O–H groups in total. The molecule has 1 atom stereocenters. The molecule has 0 spiro atoms. The van der Waals surface area contributed by atoms with Gasteiger partial charge in [-0.25, -0.2) is 0 Å². The Morgan fingerprint density at radius 1 is 1.05 bits per heavy atom. The predicted octanol–water partition coefficient (Wildman–Crippen LogP) is 2.66. The highest BCUT2D eigenvalue weighted by Gasteiger charge is 2.28. The molecule has 1 unspecified atom stereocenters. The van der Waals surface area contributed by atoms with Gasteiger partial charge in [0.1, 0.15) is 5.75 Å². The van der Waals surface area contributed by atoms with Crippen molar-refractivity contribution in [2.45, 2.75) is 19.9 Å². The number of para-hydroxylation sites is 1. The first kappa shape index (κ1) is 17.3. The van der Waals surface area contributed by atoms with Crippen LogP contribution in [0.5, 0.6) is 5.75 Å². The van der Waals surface area contributed by atoms with Crippen molar-refractivity contribution in [3.8, 4) is 5.75 Å². The van der Waals surface area contributed by atoms with Crippen LogP contribution in [0.1, 0.15) is 25.5 Å². The third-order valence-corrected chi connectivity index (χ3v) is 4.50. The Hall–Kier alpha value is -1.10. The van der Waals surface area contributed by atoms with Gasteiger partial charge >= 0.3 is 0 Å². The van der Waals surface area contributed by atoms with Gasteiger partial charge in [0.15, 0.2) is 0 Å². The molecule has 1 aliphatic rings. The van der Waals surface area contributed by atoms with Crippen molar-refractivity contribution in [3.63, 3.8) is 0 Å². The van der Waals surface area contributed by atoms with E-state index in [0.717, 1.165) is 45.1 Å². The normalized spacial score (nSPS) is 18.6. The van der Waals surface area contributed by atoms with Crippen LogP contribution in [-0.4, -0.2) is 63.4 Å². The number of ether oxygens (including phenoxy) is 2. The fraction of sp³-hybridized carbons (Fsp3) is 0.667. The summed E-state index contributed by atoms with van der Waals surface area (Å²) in [5.41, 5.74) is 1.31. The zero-order valence-corrected chi connectivity index (χ0v) is 14.4. The first-order valence-electron chi connectivity index (χ1n) is 8.25. The molecule has 1 aromatic carbocycles. The Morgan fingerprint density at radius 3 is 2.32 bits per heavy atom. The van der Waals surface area contributed by atoms with Crippen LogP contribution in [0.2, 0.25) is 0 Å². The standard InChI is InChI=1S/C18H30N2O2/c1-15(2)18(16-7-5-6-8-17(16)22-4)20-11-9-19(10-12-20)13-14-21-3/h5-8,15,18H,9-14H2,1-4H3. The maximum atomic E-state index is 5.59. The number of nitrogens with zero attached hydrogens (tertiary/aromatic N) is 2. The summed E-state index contributed by atoms with van der Waals surface area (Å²) in [6, 6.07) is 8.85. The maximum Gasteiger partial charge on any atom is 0.123 e. The summed E-state index contributed by atoms with van der Waals surface area (Å²) in [6.45, 7) is 10.9. The van der Waals surface area contributed by atoms with Crippen molar-refractivity contribution < 1.29 is 9.47 Å². The summed E-state index contributed by atoms with van der Waals surface area (Å²) >= 11 is 0. The van der Waals surface area contributed by atoms with E-state index in [-0.39, 0.29) is 0 Å². The summed E-state index contributed by atoms with van der Waals surface area (Å²) in [7, 11) is 3.53. The summed E-state index contributed by atoms with van der Waals surface area (Å²) < 4.78 is 10.8. The van der Waals surface area contributed by atoms with Gasteiger partial charge < -0.3 is 9.47 Å². The monoisotopic (exact) mass is 306 g/mol. The second-order valence-corrected chi connectivity index (χ2v) is 6.30. The van der Waals surface area contributed by atoms with Crippen LogP contribution in [-0.2, 0) is 4.74 Å². The average Bonchev–Trinajstić information content (AvgIpc) is 2.54. The molecular weight excluding hydrogens is 276 g/mol. The van der Waals surface area contributed by atoms with Gasteiger partial charge in [0.25, 0.3) is 0 Å². The third-order valence-electron chi connectivity index (χ3n) is 4.50. The van der Waals surface area contributed by atoms with Gasteiger partial charge in [0.05, 0.1) is 13.7 Å². The molecule has 124 valence electrons. The second-order valence-electron chi connectivity index (χ2n) is 6.30. The molecule has 1 aliphatic heterocycles. The van der Waals surface area contributed by atoms with Crippen LogP contribution in [0, 0.1) is 5.92 Å². The molecule has 22 heavy (non-hydrogen) atoms. The lowest BCUT2D eigenvalue weighted by Crippen LogP contribution is -2.49. The van der Waals surface area contributed by atoms with Crippen LogP contribution >= 0.6 is 0 Å². The molecule has 4 heteroatoms. The topological polar surface area (TPSA) is 24.9 Å². The third kappa shape index (κ3) is 4.22. The summed E-state index contributed by atoms with van der Waals surface area (Å²) in [6.07, 6.45) is 0. The minimum Gasteiger partial charge on any atom is -0.496 e. The van der Waals surface area contributed by atoms with Gasteiger partial charge in [0, 0.05) is 51.4 Å². The van der Waals surface area contributed by atoms with E-state index < -0.39 is 0 Å². The number of methoxy groups -OCH3 is 2. The van der Waals surface area contributed by atoms with Gasteiger partial charge in [-0.2, -0.15) is 0 Å². The molecule has 4 nitrogen and oxygen atoms in total. The van der Waals surface area contributed by atoms with Crippen molar-refractivity contribution in [2.75, 3.05) is 53.6 Å². The fourth-order valence-corrected chi connectivity index (χ4v) is 3.37. The maximum absolute atomic E-state index is 5.59. The van der Waals surface area contributed by atoms with E-state index in [4.69, 9.17) is 9.47 Å². The highest BCUT2D eigenvalue weighted by atomic mass is 16.5. The largest absolute Gasteiger partial charge is 0.496 e. The van der Waals surface area contributed by atoms with E-state index in [1.54, 1.807) is 14.2 Å². The zero-order valence-electron chi connectivity index (χ0n) is 14.4. The van der Waals surface area contributed by atoms with E-state index in [0.29, 0.717) is 12.0 Å². The highest BCUT2D eigenvalue weighted by Crippen LogP contribution is 2.35. The van der Waals surface area contributed by atoms with Crippen molar-refractivity contribution in [1.82, 2.24) is 9.80 Å². The van der Waals surface area contributed by atoms with E-state index in [1.165, 1.54) is 5.56 Å². The molecule has 1 fully saturated rings. The van der Waals surface area contributed by atoms with Gasteiger partial charge in [-0.3, -0.25) is 9.80 Å². The molecule has 0 radical (unpaired) electrons. The summed E-state index contributed by atoms with van der Waals surface area (Å²) in [5, 5.41) is 0. The molecule has 0 amide bonds. The number of rotatable bonds is 7. The summed E-state index contributed by atoms with van der Waals surface area (Å²) in [4.78, 5) is 5.09. The molecule has 1 aromatic rings. The van der Waals surface area contributed by atoms with Crippen molar-refractivity contribution >= 4 is 0 Å². The van der Waals surface area contributed by atoms with E-state index in [9.17, 15) is 0 Å². The average molecular weight is 306 g/mol. The minimum absolute atomic E-state index is 0.417. The van der Waals surface area contributed by atoms with Gasteiger partial charge in [-0.05, 0) is 12.0 Å². The predicted molar refractivity (Wildman–Crippen MR) is 90.5 cm³/mol. The lowest BCUT2D eigenvalue weighted by molar-refractivity contribution is 0.0594. The fourth-order valence-electron chi connectivity index (χ4n) is 3.37. The second kappa shape index (κ2) is 8.51. The lowest BCUT2D eigenvalue weighted by atomic mass is 9.93. The number of piperazine rings is 1. The smallest absolute Gasteiger partial charge is 0.123 e. The summed E-state index contributed by atoms with van der Waals surface area (Å²) in [5.74, 6) is 1.56. The van der Waals surface area contributed by atoms with E-state index in [1.807, 2.05) is 6.07 Å². The Bertz CT molecular complexity index is 442. The SMILES string of the molecule is COCCN1CCN(C(c2ccccc2OC)C(C)C)CC1. The molecule has 1 saturated heterocycles. The Morgan fingerprint density at radius 2 is 1.73 bits per heavy atom. The first-order valence-corrected chi connectivity index (χ1v) is 8.25. The number of hydrogen-bond acceptors (Lipinski definition) is 4. The van der Waals surface area contributed by atoms with Crippen LogP contribution in [0.3, 0.4) is 0 Å². The van der Waals surface area contributed by atoms with Crippen molar-refractivity contribution in [3.05, 3.63) is 29.8 Å². The van der Waals surface area contributed by atoms with Crippen LogP contribution in [0.15, 0.2) is 24.3 Å². The Kier molecular flexibility index (Phi) is 6.68. The van der Waals surface area contributed by atoms with Gasteiger partial charge in [-0.1, -0.05) is 32.0 Å². The molecule has 0 bridgehead atoms. The minimum atomic E-state index is 0.417. The number of benzene rings is 1. The molecule has 0 aromatic heterocycles.